The average Bonchev–Trinajstić information content (AvgIpc) is 2.62. The van der Waals surface area contributed by atoms with Crippen LogP contribution in [0.5, 0.6) is 0 Å². The summed E-state index contributed by atoms with van der Waals surface area (Å²) in [7, 11) is -3.42. The molecule has 2 fully saturated rings. The van der Waals surface area contributed by atoms with E-state index in [4.69, 9.17) is 10.5 Å². The minimum atomic E-state index is -3.42. The van der Waals surface area contributed by atoms with E-state index in [1.165, 1.54) is 18.3 Å². The Labute approximate surface area is 142 Å². The van der Waals surface area contributed by atoms with Crippen LogP contribution >= 0.6 is 0 Å². The first-order valence-corrected chi connectivity index (χ1v) is 9.84. The molecule has 0 unspecified atom stereocenters. The lowest BCUT2D eigenvalue weighted by atomic mass is 10.0. The minimum absolute atomic E-state index is 0.0725. The molecule has 3 rings (SSSR count). The van der Waals surface area contributed by atoms with Crippen LogP contribution < -0.4 is 5.73 Å². The second-order valence-corrected chi connectivity index (χ2v) is 8.60. The summed E-state index contributed by atoms with van der Waals surface area (Å²) in [4.78, 5) is 17.5. The highest BCUT2D eigenvalue weighted by Gasteiger charge is 2.34. The van der Waals surface area contributed by atoms with Crippen LogP contribution in [0, 0.1) is 0 Å². The van der Waals surface area contributed by atoms with Crippen molar-refractivity contribution in [3.05, 3.63) is 24.0 Å². The predicted octanol–water partition coefficient (Wildman–Crippen LogP) is 0.598. The van der Waals surface area contributed by atoms with E-state index in [9.17, 15) is 13.2 Å². The van der Waals surface area contributed by atoms with Gasteiger partial charge in [0.15, 0.2) is 9.84 Å². The second kappa shape index (κ2) is 7.16. The van der Waals surface area contributed by atoms with E-state index in [0.29, 0.717) is 18.9 Å². The molecule has 0 spiro atoms. The highest BCUT2D eigenvalue weighted by Crippen LogP contribution is 2.27. The number of aromatic nitrogens is 1. The van der Waals surface area contributed by atoms with Gasteiger partial charge in [-0.2, -0.15) is 0 Å². The molecule has 0 atom stereocenters. The number of rotatable bonds is 4. The van der Waals surface area contributed by atoms with Crippen molar-refractivity contribution in [2.75, 3.05) is 26.3 Å². The normalized spacial score (nSPS) is 21.7. The molecule has 3 heterocycles. The summed E-state index contributed by atoms with van der Waals surface area (Å²) in [5, 5.41) is -0.394. The zero-order valence-electron chi connectivity index (χ0n) is 13.6. The number of carbonyl (C=O) groups is 1. The Balaban J connectivity index is 1.65. The molecule has 8 heteroatoms. The zero-order valence-corrected chi connectivity index (χ0v) is 14.4. The number of nitrogens with two attached hydrogens (primary N) is 1. The van der Waals surface area contributed by atoms with Crippen molar-refractivity contribution in [1.82, 2.24) is 9.88 Å². The van der Waals surface area contributed by atoms with Crippen molar-refractivity contribution >= 4 is 15.7 Å². The smallest absolute Gasteiger partial charge is 0.267 e. The third kappa shape index (κ3) is 3.60. The Kier molecular flexibility index (Phi) is 5.17. The van der Waals surface area contributed by atoms with Crippen LogP contribution in [0.25, 0.3) is 0 Å². The number of hydrogen-bond donors (Lipinski definition) is 1. The van der Waals surface area contributed by atoms with Gasteiger partial charge < -0.3 is 15.4 Å². The Morgan fingerprint density at radius 2 is 1.83 bits per heavy atom. The molecule has 2 saturated heterocycles. The van der Waals surface area contributed by atoms with Crippen molar-refractivity contribution < 1.29 is 17.9 Å². The average molecular weight is 353 g/mol. The van der Waals surface area contributed by atoms with Crippen molar-refractivity contribution in [3.8, 4) is 0 Å². The molecule has 7 nitrogen and oxygen atoms in total. The van der Waals surface area contributed by atoms with Crippen LogP contribution in [0.1, 0.15) is 36.2 Å². The Bertz CT molecular complexity index is 676. The highest BCUT2D eigenvalue weighted by molar-refractivity contribution is 7.92. The fraction of sp³-hybridized carbons (Fsp3) is 0.625. The molecule has 0 bridgehead atoms. The number of carbonyl (C=O) groups excluding carboxylic acids is 1. The lowest BCUT2D eigenvalue weighted by Gasteiger charge is -2.38. The van der Waals surface area contributed by atoms with Crippen LogP contribution in [0.3, 0.4) is 0 Å². The van der Waals surface area contributed by atoms with Crippen LogP contribution in [-0.4, -0.2) is 61.8 Å². The largest absolute Gasteiger partial charge is 0.381 e. The van der Waals surface area contributed by atoms with E-state index < -0.39 is 21.0 Å². The number of ether oxygens (including phenoxy) is 1. The summed E-state index contributed by atoms with van der Waals surface area (Å²) in [5.41, 5.74) is 5.21. The number of hydrogen-bond acceptors (Lipinski definition) is 6. The van der Waals surface area contributed by atoms with Gasteiger partial charge in [0.1, 0.15) is 5.69 Å². The van der Waals surface area contributed by atoms with Crippen LogP contribution in [0.15, 0.2) is 23.2 Å². The number of likely N-dealkylation sites (tertiary alicyclic amines) is 1. The third-order valence-electron chi connectivity index (χ3n) is 4.94. The monoisotopic (exact) mass is 353 g/mol. The minimum Gasteiger partial charge on any atom is -0.381 e. The first-order chi connectivity index (χ1) is 11.5. The molecule has 24 heavy (non-hydrogen) atoms. The van der Waals surface area contributed by atoms with Gasteiger partial charge in [-0.3, -0.25) is 4.79 Å². The molecular formula is C16H23N3O4S. The summed E-state index contributed by atoms with van der Waals surface area (Å²) in [6.07, 6.45) is 4.53. The topological polar surface area (TPSA) is 103 Å². The van der Waals surface area contributed by atoms with Crippen molar-refractivity contribution in [3.63, 3.8) is 0 Å². The lowest BCUT2D eigenvalue weighted by Crippen LogP contribution is -2.46. The van der Waals surface area contributed by atoms with E-state index in [2.05, 4.69) is 9.88 Å². The lowest BCUT2D eigenvalue weighted by molar-refractivity contribution is 0.0277. The molecule has 0 radical (unpaired) electrons. The van der Waals surface area contributed by atoms with E-state index >= 15 is 0 Å². The Morgan fingerprint density at radius 3 is 2.38 bits per heavy atom. The first-order valence-electron chi connectivity index (χ1n) is 8.30. The van der Waals surface area contributed by atoms with Crippen LogP contribution in [0.4, 0.5) is 0 Å². The van der Waals surface area contributed by atoms with Gasteiger partial charge >= 0.3 is 0 Å². The molecule has 1 aromatic rings. The van der Waals surface area contributed by atoms with Crippen LogP contribution in [0.2, 0.25) is 0 Å². The summed E-state index contributed by atoms with van der Waals surface area (Å²) >= 11 is 0. The number of piperidine rings is 1. The number of pyridine rings is 1. The molecule has 2 aliphatic rings. The maximum atomic E-state index is 12.8. The van der Waals surface area contributed by atoms with Gasteiger partial charge in [0.05, 0.1) is 10.1 Å². The van der Waals surface area contributed by atoms with E-state index in [1.807, 2.05) is 0 Å². The fourth-order valence-corrected chi connectivity index (χ4v) is 5.16. The maximum absolute atomic E-state index is 12.8. The van der Waals surface area contributed by atoms with Gasteiger partial charge in [0.2, 0.25) is 0 Å². The molecule has 2 N–H and O–H groups in total. The maximum Gasteiger partial charge on any atom is 0.267 e. The molecule has 0 aromatic carbocycles. The summed E-state index contributed by atoms with van der Waals surface area (Å²) in [6, 6.07) is 3.30. The Morgan fingerprint density at radius 1 is 1.17 bits per heavy atom. The van der Waals surface area contributed by atoms with E-state index in [1.54, 1.807) is 0 Å². The summed E-state index contributed by atoms with van der Waals surface area (Å²) in [6.45, 7) is 3.17. The molecular weight excluding hydrogens is 330 g/mol. The summed E-state index contributed by atoms with van der Waals surface area (Å²) in [5.74, 6) is -0.663. The van der Waals surface area contributed by atoms with Gasteiger partial charge in [-0.25, -0.2) is 13.4 Å². The zero-order chi connectivity index (χ0) is 17.2. The predicted molar refractivity (Wildman–Crippen MR) is 88.4 cm³/mol. The molecule has 0 aliphatic carbocycles. The van der Waals surface area contributed by atoms with Crippen molar-refractivity contribution in [2.24, 2.45) is 5.73 Å². The number of primary amides is 1. The highest BCUT2D eigenvalue weighted by atomic mass is 32.2. The fourth-order valence-electron chi connectivity index (χ4n) is 3.49. The first kappa shape index (κ1) is 17.3. The van der Waals surface area contributed by atoms with Gasteiger partial charge in [-0.15, -0.1) is 0 Å². The third-order valence-corrected chi connectivity index (χ3v) is 7.19. The van der Waals surface area contributed by atoms with E-state index in [-0.39, 0.29) is 10.6 Å². The SMILES string of the molecule is NC(=O)c1ccc(S(=O)(=O)C2CCN(C3CCOCC3)CC2)cn1. The quantitative estimate of drug-likeness (QED) is 0.850. The van der Waals surface area contributed by atoms with Gasteiger partial charge in [-0.05, 0) is 50.9 Å². The number of amides is 1. The van der Waals surface area contributed by atoms with Gasteiger partial charge in [0.25, 0.3) is 5.91 Å². The Hall–Kier alpha value is -1.51. The second-order valence-electron chi connectivity index (χ2n) is 6.37. The van der Waals surface area contributed by atoms with E-state index in [0.717, 1.165) is 39.1 Å². The number of sulfone groups is 1. The van der Waals surface area contributed by atoms with Crippen LogP contribution in [-0.2, 0) is 14.6 Å². The summed E-state index contributed by atoms with van der Waals surface area (Å²) < 4.78 is 30.9. The molecule has 0 saturated carbocycles. The van der Waals surface area contributed by atoms with Crippen molar-refractivity contribution in [1.29, 1.82) is 0 Å². The van der Waals surface area contributed by atoms with Gasteiger partial charge in [-0.1, -0.05) is 0 Å². The molecule has 1 aromatic heterocycles. The number of nitrogens with zero attached hydrogens (tertiary/aromatic N) is 2. The molecule has 1 amide bonds. The molecule has 132 valence electrons. The standard InChI is InChI=1S/C16H23N3O4S/c17-16(20)15-2-1-14(11-18-15)24(21,22)13-3-7-19(8-4-13)12-5-9-23-10-6-12/h1-2,11-13H,3-10H2,(H2,17,20). The van der Waals surface area contributed by atoms with Gasteiger partial charge in [0, 0.05) is 25.5 Å². The molecule has 2 aliphatic heterocycles. The van der Waals surface area contributed by atoms with Crippen molar-refractivity contribution in [2.45, 2.75) is 41.9 Å².